The molecule has 1 aliphatic heterocycles. The summed E-state index contributed by atoms with van der Waals surface area (Å²) in [6.07, 6.45) is 0. The first kappa shape index (κ1) is 17.3. The van der Waals surface area contributed by atoms with E-state index in [2.05, 4.69) is 5.32 Å². The van der Waals surface area contributed by atoms with E-state index in [1.807, 2.05) is 6.92 Å². The number of nitrogens with one attached hydrogen (secondary N) is 1. The zero-order chi connectivity index (χ0) is 17.0. The first-order valence-corrected chi connectivity index (χ1v) is 8.12. The normalized spacial score (nSPS) is 15.7. The monoisotopic (exact) mass is 339 g/mol. The Morgan fingerprint density at radius 2 is 2.04 bits per heavy atom. The number of thioether (sulfide) groups is 1. The number of amides is 4. The number of halogens is 1. The van der Waals surface area contributed by atoms with E-state index in [1.165, 1.54) is 17.0 Å². The number of carbonyl (C=O) groups excluding carboxylic acids is 3. The summed E-state index contributed by atoms with van der Waals surface area (Å²) in [5.74, 6) is -0.401. The van der Waals surface area contributed by atoms with Crippen LogP contribution in [0.1, 0.15) is 18.5 Å². The highest BCUT2D eigenvalue weighted by molar-refractivity contribution is 8.14. The number of carbonyl (C=O) groups is 3. The Morgan fingerprint density at radius 1 is 1.39 bits per heavy atom. The summed E-state index contributed by atoms with van der Waals surface area (Å²) in [5.41, 5.74) is 0.811. The molecule has 0 aromatic heterocycles. The largest absolute Gasteiger partial charge is 0.336 e. The fraction of sp³-hybridized carbons (Fsp3) is 0.400. The molecule has 23 heavy (non-hydrogen) atoms. The van der Waals surface area contributed by atoms with Crippen molar-refractivity contribution in [2.45, 2.75) is 13.0 Å². The highest BCUT2D eigenvalue weighted by atomic mass is 32.2. The summed E-state index contributed by atoms with van der Waals surface area (Å²) >= 11 is 0.966. The van der Waals surface area contributed by atoms with Crippen LogP contribution in [-0.2, 0) is 4.79 Å². The molecular weight excluding hydrogens is 321 g/mol. The van der Waals surface area contributed by atoms with Crippen LogP contribution in [0.4, 0.5) is 14.0 Å². The van der Waals surface area contributed by atoms with Gasteiger partial charge in [-0.25, -0.2) is 9.18 Å². The molecule has 0 spiro atoms. The molecule has 1 fully saturated rings. The molecule has 1 aromatic carbocycles. The first-order valence-electron chi connectivity index (χ1n) is 7.13. The molecule has 1 saturated heterocycles. The number of hydrogen-bond donors (Lipinski definition) is 1. The number of rotatable bonds is 5. The molecule has 4 amide bonds. The van der Waals surface area contributed by atoms with E-state index < -0.39 is 0 Å². The minimum Gasteiger partial charge on any atom is -0.336 e. The zero-order valence-corrected chi connectivity index (χ0v) is 13.7. The van der Waals surface area contributed by atoms with Crippen LogP contribution in [0.2, 0.25) is 0 Å². The van der Waals surface area contributed by atoms with Crippen molar-refractivity contribution in [1.82, 2.24) is 15.1 Å². The lowest BCUT2D eigenvalue weighted by Crippen LogP contribution is -2.43. The van der Waals surface area contributed by atoms with Crippen LogP contribution in [0.25, 0.3) is 0 Å². The molecule has 1 aliphatic rings. The molecule has 2 rings (SSSR count). The van der Waals surface area contributed by atoms with Gasteiger partial charge in [0.1, 0.15) is 5.82 Å². The van der Waals surface area contributed by atoms with E-state index in [0.29, 0.717) is 0 Å². The maximum atomic E-state index is 12.9. The van der Waals surface area contributed by atoms with Crippen LogP contribution in [0, 0.1) is 5.82 Å². The van der Waals surface area contributed by atoms with Crippen LogP contribution in [0.15, 0.2) is 24.3 Å². The average Bonchev–Trinajstić information content (AvgIpc) is 2.86. The van der Waals surface area contributed by atoms with Gasteiger partial charge in [-0.2, -0.15) is 0 Å². The number of benzene rings is 1. The van der Waals surface area contributed by atoms with E-state index in [-0.39, 0.29) is 47.9 Å². The molecule has 1 heterocycles. The zero-order valence-electron chi connectivity index (χ0n) is 12.9. The molecule has 0 radical (unpaired) electrons. The Kier molecular flexibility index (Phi) is 5.59. The topological polar surface area (TPSA) is 69.7 Å². The van der Waals surface area contributed by atoms with Gasteiger partial charge in [-0.3, -0.25) is 14.5 Å². The van der Waals surface area contributed by atoms with Crippen molar-refractivity contribution >= 4 is 28.9 Å². The standard InChI is InChI=1S/C15H18FN3O3S/c1-10(11-3-5-12(16)6-4-11)18(2)14(21)17-7-8-19-13(20)9-23-15(19)22/h3-6,10H,7-9H2,1-2H3,(H,17,21)/t10-/m1/s1. The maximum Gasteiger partial charge on any atom is 0.317 e. The van der Waals surface area contributed by atoms with E-state index in [1.54, 1.807) is 19.2 Å². The number of nitrogens with zero attached hydrogens (tertiary/aromatic N) is 2. The molecule has 6 nitrogen and oxygen atoms in total. The van der Waals surface area contributed by atoms with Crippen molar-refractivity contribution in [3.63, 3.8) is 0 Å². The van der Waals surface area contributed by atoms with Gasteiger partial charge in [-0.15, -0.1) is 0 Å². The second kappa shape index (κ2) is 7.45. The molecule has 1 N–H and O–H groups in total. The summed E-state index contributed by atoms with van der Waals surface area (Å²) in [6.45, 7) is 2.18. The minimum atomic E-state index is -0.328. The van der Waals surface area contributed by atoms with Gasteiger partial charge in [0.25, 0.3) is 5.24 Å². The van der Waals surface area contributed by atoms with E-state index in [4.69, 9.17) is 0 Å². The van der Waals surface area contributed by atoms with Crippen molar-refractivity contribution in [2.24, 2.45) is 0 Å². The second-order valence-electron chi connectivity index (χ2n) is 5.17. The maximum absolute atomic E-state index is 12.9. The third-order valence-electron chi connectivity index (χ3n) is 3.71. The summed E-state index contributed by atoms with van der Waals surface area (Å²) in [5, 5.41) is 2.39. The van der Waals surface area contributed by atoms with Crippen molar-refractivity contribution in [1.29, 1.82) is 0 Å². The van der Waals surface area contributed by atoms with Gasteiger partial charge in [0, 0.05) is 20.1 Å². The Balaban J connectivity index is 1.83. The quantitative estimate of drug-likeness (QED) is 0.893. The molecule has 0 unspecified atom stereocenters. The van der Waals surface area contributed by atoms with Crippen molar-refractivity contribution in [2.75, 3.05) is 25.9 Å². The first-order chi connectivity index (χ1) is 10.9. The Bertz CT molecular complexity index is 592. The fourth-order valence-electron chi connectivity index (χ4n) is 2.14. The average molecular weight is 339 g/mol. The van der Waals surface area contributed by atoms with Crippen molar-refractivity contribution < 1.29 is 18.8 Å². The fourth-order valence-corrected chi connectivity index (χ4v) is 2.89. The minimum absolute atomic E-state index is 0.161. The van der Waals surface area contributed by atoms with Crippen LogP contribution >= 0.6 is 11.8 Å². The predicted molar refractivity (Wildman–Crippen MR) is 85.5 cm³/mol. The molecular formula is C15H18FN3O3S. The summed E-state index contributed by atoms with van der Waals surface area (Å²) in [6, 6.07) is 5.39. The molecule has 0 aliphatic carbocycles. The van der Waals surface area contributed by atoms with E-state index in [0.717, 1.165) is 22.2 Å². The molecule has 0 saturated carbocycles. The number of hydrogen-bond acceptors (Lipinski definition) is 4. The van der Waals surface area contributed by atoms with Gasteiger partial charge < -0.3 is 10.2 Å². The number of imide groups is 1. The van der Waals surface area contributed by atoms with E-state index >= 15 is 0 Å². The third kappa shape index (κ3) is 4.22. The van der Waals surface area contributed by atoms with Gasteiger partial charge in [-0.05, 0) is 24.6 Å². The molecule has 1 aromatic rings. The van der Waals surface area contributed by atoms with Gasteiger partial charge in [0.05, 0.1) is 11.8 Å². The van der Waals surface area contributed by atoms with Crippen LogP contribution in [-0.4, -0.2) is 52.9 Å². The van der Waals surface area contributed by atoms with Crippen LogP contribution < -0.4 is 5.32 Å². The summed E-state index contributed by atoms with van der Waals surface area (Å²) in [7, 11) is 1.63. The predicted octanol–water partition coefficient (Wildman–Crippen LogP) is 2.22. The highest BCUT2D eigenvalue weighted by Crippen LogP contribution is 2.19. The SMILES string of the molecule is C[C@H](c1ccc(F)cc1)N(C)C(=O)NCCN1C(=O)CSC1=O. The lowest BCUT2D eigenvalue weighted by molar-refractivity contribution is -0.124. The molecule has 124 valence electrons. The lowest BCUT2D eigenvalue weighted by atomic mass is 10.1. The van der Waals surface area contributed by atoms with Crippen LogP contribution in [0.3, 0.4) is 0 Å². The van der Waals surface area contributed by atoms with Crippen molar-refractivity contribution in [3.05, 3.63) is 35.6 Å². The van der Waals surface area contributed by atoms with E-state index in [9.17, 15) is 18.8 Å². The smallest absolute Gasteiger partial charge is 0.317 e. The lowest BCUT2D eigenvalue weighted by Gasteiger charge is -2.26. The number of urea groups is 1. The Hall–Kier alpha value is -2.09. The van der Waals surface area contributed by atoms with Gasteiger partial charge in [0.15, 0.2) is 0 Å². The Morgan fingerprint density at radius 3 is 2.61 bits per heavy atom. The van der Waals surface area contributed by atoms with Crippen molar-refractivity contribution in [3.8, 4) is 0 Å². The summed E-state index contributed by atoms with van der Waals surface area (Å²) in [4.78, 5) is 37.6. The Labute approximate surface area is 138 Å². The van der Waals surface area contributed by atoms with Crippen LogP contribution in [0.5, 0.6) is 0 Å². The highest BCUT2D eigenvalue weighted by Gasteiger charge is 2.29. The van der Waals surface area contributed by atoms with Gasteiger partial charge in [0.2, 0.25) is 5.91 Å². The molecule has 1 atom stereocenters. The molecule has 8 heteroatoms. The molecule has 0 bridgehead atoms. The summed E-state index contributed by atoms with van der Waals surface area (Å²) < 4.78 is 12.9. The second-order valence-corrected chi connectivity index (χ2v) is 6.10. The van der Waals surface area contributed by atoms with Gasteiger partial charge >= 0.3 is 6.03 Å². The third-order valence-corrected chi connectivity index (χ3v) is 4.56. The van der Waals surface area contributed by atoms with Gasteiger partial charge in [-0.1, -0.05) is 23.9 Å².